The molecule has 2 aromatic rings. The van der Waals surface area contributed by atoms with Gasteiger partial charge in [-0.25, -0.2) is 0 Å². The highest BCUT2D eigenvalue weighted by Gasteiger charge is 2.14. The van der Waals surface area contributed by atoms with Crippen LogP contribution in [0.25, 0.3) is 0 Å². The molecule has 2 bridgehead atoms. The second-order valence-corrected chi connectivity index (χ2v) is 8.06. The molecule has 1 heterocycles. The van der Waals surface area contributed by atoms with Crippen molar-refractivity contribution in [1.82, 2.24) is 20.7 Å². The van der Waals surface area contributed by atoms with Crippen molar-refractivity contribution in [3.63, 3.8) is 0 Å². The summed E-state index contributed by atoms with van der Waals surface area (Å²) in [6, 6.07) is 6.33. The van der Waals surface area contributed by atoms with E-state index in [1.54, 1.807) is 6.20 Å². The van der Waals surface area contributed by atoms with Crippen LogP contribution in [0, 0.1) is 11.8 Å². The Balaban J connectivity index is 0.000000496. The van der Waals surface area contributed by atoms with E-state index in [2.05, 4.69) is 51.2 Å². The van der Waals surface area contributed by atoms with Crippen molar-refractivity contribution in [1.29, 1.82) is 0 Å². The van der Waals surface area contributed by atoms with E-state index in [4.69, 9.17) is 5.73 Å². The van der Waals surface area contributed by atoms with Crippen molar-refractivity contribution in [3.05, 3.63) is 41.2 Å². The van der Waals surface area contributed by atoms with Gasteiger partial charge in [-0.05, 0) is 42.2 Å². The highest BCUT2D eigenvalue weighted by atomic mass is 16.1. The van der Waals surface area contributed by atoms with Crippen LogP contribution in [0.2, 0.25) is 0 Å². The molecule has 1 aliphatic rings. The van der Waals surface area contributed by atoms with Gasteiger partial charge in [0.1, 0.15) is 5.69 Å². The van der Waals surface area contributed by atoms with Crippen LogP contribution >= 0.6 is 0 Å². The molecule has 1 aliphatic carbocycles. The SMILES string of the molecule is CC.CC1CCCc2cccc(c2NC=O)C1.CCC(C)CC(N)=O.O=CNCc1cn[nH]n1. The van der Waals surface area contributed by atoms with Crippen LogP contribution in [0.1, 0.15) is 77.1 Å². The predicted octanol–water partition coefficient (Wildman–Crippen LogP) is 3.75. The number of benzene rings is 1. The molecule has 3 rings (SSSR count). The van der Waals surface area contributed by atoms with Crippen LogP contribution in [0.3, 0.4) is 0 Å². The first-order valence-electron chi connectivity index (χ1n) is 12.0. The number of aromatic nitrogens is 3. The molecule has 9 nitrogen and oxygen atoms in total. The molecule has 1 aromatic carbocycles. The molecule has 34 heavy (non-hydrogen) atoms. The number of para-hydroxylation sites is 1. The van der Waals surface area contributed by atoms with E-state index >= 15 is 0 Å². The maximum Gasteiger partial charge on any atom is 0.217 e. The third kappa shape index (κ3) is 13.3. The van der Waals surface area contributed by atoms with Gasteiger partial charge in [-0.15, -0.1) is 0 Å². The van der Waals surface area contributed by atoms with Crippen molar-refractivity contribution < 1.29 is 14.4 Å². The zero-order valence-corrected chi connectivity index (χ0v) is 21.3. The molecule has 0 aliphatic heterocycles. The lowest BCUT2D eigenvalue weighted by molar-refractivity contribution is -0.118. The zero-order chi connectivity index (χ0) is 25.8. The van der Waals surface area contributed by atoms with Crippen molar-refractivity contribution in [2.45, 2.75) is 79.7 Å². The molecule has 0 saturated carbocycles. The fourth-order valence-electron chi connectivity index (χ4n) is 3.34. The van der Waals surface area contributed by atoms with Gasteiger partial charge in [0.2, 0.25) is 18.7 Å². The first kappa shape index (κ1) is 30.8. The molecular formula is C25H42N6O3. The highest BCUT2D eigenvalue weighted by Crippen LogP contribution is 2.29. The number of carbonyl (C=O) groups excluding carboxylic acids is 3. The Labute approximate surface area is 203 Å². The fourth-order valence-corrected chi connectivity index (χ4v) is 3.34. The Morgan fingerprint density at radius 2 is 1.97 bits per heavy atom. The normalized spacial score (nSPS) is 14.6. The van der Waals surface area contributed by atoms with Crippen LogP contribution in [0.4, 0.5) is 5.69 Å². The predicted molar refractivity (Wildman–Crippen MR) is 136 cm³/mol. The molecule has 3 amide bonds. The van der Waals surface area contributed by atoms with Crippen molar-refractivity contribution in [2.24, 2.45) is 17.6 Å². The number of hydrogen-bond acceptors (Lipinski definition) is 5. The third-order valence-electron chi connectivity index (χ3n) is 5.23. The van der Waals surface area contributed by atoms with Gasteiger partial charge in [-0.3, -0.25) is 14.4 Å². The second kappa shape index (κ2) is 19.3. The monoisotopic (exact) mass is 474 g/mol. The third-order valence-corrected chi connectivity index (χ3v) is 5.23. The molecule has 0 spiro atoms. The minimum Gasteiger partial charge on any atom is -0.370 e. The number of hydrogen-bond donors (Lipinski definition) is 4. The van der Waals surface area contributed by atoms with Crippen molar-refractivity contribution in [3.8, 4) is 0 Å². The molecule has 1 aromatic heterocycles. The van der Waals surface area contributed by atoms with Gasteiger partial charge in [0.05, 0.1) is 12.7 Å². The number of aromatic amines is 1. The highest BCUT2D eigenvalue weighted by molar-refractivity contribution is 5.76. The maximum absolute atomic E-state index is 10.6. The van der Waals surface area contributed by atoms with Gasteiger partial charge in [0, 0.05) is 12.1 Å². The Morgan fingerprint density at radius 3 is 2.50 bits per heavy atom. The van der Waals surface area contributed by atoms with Crippen LogP contribution in [0.5, 0.6) is 0 Å². The number of primary amides is 1. The number of nitrogens with zero attached hydrogens (tertiary/aromatic N) is 2. The number of anilines is 1. The lowest BCUT2D eigenvalue weighted by atomic mass is 9.88. The fraction of sp³-hybridized carbons (Fsp3) is 0.560. The average molecular weight is 475 g/mol. The molecule has 2 unspecified atom stereocenters. The van der Waals surface area contributed by atoms with E-state index in [0.717, 1.165) is 37.1 Å². The van der Waals surface area contributed by atoms with Crippen molar-refractivity contribution >= 4 is 24.4 Å². The van der Waals surface area contributed by atoms with Gasteiger partial charge in [-0.1, -0.05) is 65.7 Å². The van der Waals surface area contributed by atoms with Gasteiger partial charge in [0.15, 0.2) is 0 Å². The van der Waals surface area contributed by atoms with Crippen LogP contribution in [-0.2, 0) is 33.8 Å². The summed E-state index contributed by atoms with van der Waals surface area (Å²) >= 11 is 0. The number of amides is 3. The molecule has 5 N–H and O–H groups in total. The molecule has 190 valence electrons. The van der Waals surface area contributed by atoms with E-state index in [1.807, 2.05) is 27.7 Å². The number of nitrogens with two attached hydrogens (primary N) is 1. The van der Waals surface area contributed by atoms with Crippen molar-refractivity contribution in [2.75, 3.05) is 5.32 Å². The average Bonchev–Trinajstić information content (AvgIpc) is 3.35. The summed E-state index contributed by atoms with van der Waals surface area (Å²) < 4.78 is 0. The summed E-state index contributed by atoms with van der Waals surface area (Å²) in [5.74, 6) is 0.972. The number of fused-ring (bicyclic) bond motifs is 2. The summed E-state index contributed by atoms with van der Waals surface area (Å²) in [5.41, 5.74) is 9.28. The maximum atomic E-state index is 10.6. The molecule has 0 fully saturated rings. The van der Waals surface area contributed by atoms with Crippen LogP contribution in [-0.4, -0.2) is 34.1 Å². The summed E-state index contributed by atoms with van der Waals surface area (Å²) in [7, 11) is 0. The number of rotatable bonds is 8. The smallest absolute Gasteiger partial charge is 0.217 e. The van der Waals surface area contributed by atoms with Crippen LogP contribution in [0.15, 0.2) is 24.4 Å². The summed E-state index contributed by atoms with van der Waals surface area (Å²) in [6.45, 7) is 10.8. The lowest BCUT2D eigenvalue weighted by Crippen LogP contribution is -2.13. The van der Waals surface area contributed by atoms with Gasteiger partial charge in [-0.2, -0.15) is 15.4 Å². The minimum absolute atomic E-state index is 0.195. The number of nitrogens with one attached hydrogen (secondary N) is 3. The molecule has 0 saturated heterocycles. The largest absolute Gasteiger partial charge is 0.370 e. The van der Waals surface area contributed by atoms with Crippen LogP contribution < -0.4 is 16.4 Å². The topological polar surface area (TPSA) is 143 Å². The first-order valence-corrected chi connectivity index (χ1v) is 12.0. The Hall–Kier alpha value is -3.23. The quantitative estimate of drug-likeness (QED) is 0.431. The van der Waals surface area contributed by atoms with E-state index in [0.29, 0.717) is 31.2 Å². The Morgan fingerprint density at radius 1 is 1.26 bits per heavy atom. The van der Waals surface area contributed by atoms with E-state index in [9.17, 15) is 14.4 Å². The zero-order valence-electron chi connectivity index (χ0n) is 21.3. The second-order valence-electron chi connectivity index (χ2n) is 8.06. The lowest BCUT2D eigenvalue weighted by Gasteiger charge is -2.20. The van der Waals surface area contributed by atoms with Gasteiger partial charge < -0.3 is 16.4 Å². The molecule has 0 radical (unpaired) electrons. The standard InChI is InChI=1S/C13H17NO.C6H13NO.C4H6N4O.C2H6/c1-10-4-2-5-11-6-3-7-12(8-10)13(11)14-9-15;1-3-5(2)4-6(7)8;9-3-5-1-4-2-6-8-7-4;1-2/h3,6-7,9-10H,2,4-5,8H2,1H3,(H,14,15);5H,3-4H2,1-2H3,(H2,7,8);2-3H,1H2,(H,5,9)(H,6,7,8);1-2H3. The van der Waals surface area contributed by atoms with E-state index < -0.39 is 0 Å². The number of carbonyl (C=O) groups is 3. The molecular weight excluding hydrogens is 432 g/mol. The summed E-state index contributed by atoms with van der Waals surface area (Å²) in [6.07, 6.45) is 9.17. The Kier molecular flexibility index (Phi) is 17.4. The number of H-pyrrole nitrogens is 1. The first-order chi connectivity index (χ1) is 16.4. The number of aryl methyl sites for hydroxylation is 1. The van der Waals surface area contributed by atoms with E-state index in [-0.39, 0.29) is 5.91 Å². The van der Waals surface area contributed by atoms with E-state index in [1.165, 1.54) is 24.0 Å². The summed E-state index contributed by atoms with van der Waals surface area (Å²) in [5, 5.41) is 15.0. The summed E-state index contributed by atoms with van der Waals surface area (Å²) in [4.78, 5) is 30.5. The van der Waals surface area contributed by atoms with Gasteiger partial charge >= 0.3 is 0 Å². The molecule has 2 atom stereocenters. The Bertz CT molecular complexity index is 811. The molecule has 9 heteroatoms. The minimum atomic E-state index is -0.195. The van der Waals surface area contributed by atoms with Gasteiger partial charge in [0.25, 0.3) is 0 Å².